The van der Waals surface area contributed by atoms with E-state index in [2.05, 4.69) is 14.7 Å². The number of nitrogens with zero attached hydrogens (tertiary/aromatic N) is 2. The third-order valence-corrected chi connectivity index (χ3v) is 5.35. The first-order chi connectivity index (χ1) is 10.9. The highest BCUT2D eigenvalue weighted by atomic mass is 32.2. The van der Waals surface area contributed by atoms with Gasteiger partial charge in [0.2, 0.25) is 10.0 Å². The number of hydrogen-bond donors (Lipinski definition) is 2. The average molecular weight is 334 g/mol. The highest BCUT2D eigenvalue weighted by Crippen LogP contribution is 2.16. The molecule has 0 fully saturated rings. The van der Waals surface area contributed by atoms with Crippen LogP contribution in [0.25, 0.3) is 11.4 Å². The molecule has 0 saturated carbocycles. The summed E-state index contributed by atoms with van der Waals surface area (Å²) >= 11 is 0. The van der Waals surface area contributed by atoms with Crippen molar-refractivity contribution in [1.82, 2.24) is 14.7 Å². The number of sulfonamides is 1. The zero-order chi connectivity index (χ0) is 16.9. The number of nitrogens with one attached hydrogen (secondary N) is 1. The van der Waals surface area contributed by atoms with E-state index in [0.29, 0.717) is 18.7 Å². The summed E-state index contributed by atoms with van der Waals surface area (Å²) in [7, 11) is -3.67. The van der Waals surface area contributed by atoms with Crippen molar-refractivity contribution in [3.63, 3.8) is 0 Å². The van der Waals surface area contributed by atoms with E-state index in [-0.39, 0.29) is 11.4 Å². The van der Waals surface area contributed by atoms with Crippen LogP contribution in [0.2, 0.25) is 0 Å². The van der Waals surface area contributed by atoms with Gasteiger partial charge in [0.1, 0.15) is 4.90 Å². The molecular formula is C16H22N4O2S. The van der Waals surface area contributed by atoms with Crippen LogP contribution < -0.4 is 10.5 Å². The third-order valence-electron chi connectivity index (χ3n) is 3.99. The first-order valence-corrected chi connectivity index (χ1v) is 9.04. The van der Waals surface area contributed by atoms with Gasteiger partial charge in [-0.05, 0) is 12.8 Å². The molecule has 0 radical (unpaired) electrons. The lowest BCUT2D eigenvalue weighted by Crippen LogP contribution is -2.49. The molecule has 1 aromatic carbocycles. The molecule has 3 N–H and O–H groups in total. The average Bonchev–Trinajstić information content (AvgIpc) is 2.61. The summed E-state index contributed by atoms with van der Waals surface area (Å²) in [5.41, 5.74) is 6.42. The molecule has 6 nitrogen and oxygen atoms in total. The largest absolute Gasteiger partial charge is 0.324 e. The lowest BCUT2D eigenvalue weighted by Gasteiger charge is -2.26. The summed E-state index contributed by atoms with van der Waals surface area (Å²) in [5, 5.41) is 0. The summed E-state index contributed by atoms with van der Waals surface area (Å²) in [4.78, 5) is 8.31. The second-order valence-electron chi connectivity index (χ2n) is 5.50. The van der Waals surface area contributed by atoms with Gasteiger partial charge >= 0.3 is 0 Å². The maximum Gasteiger partial charge on any atom is 0.243 e. The van der Waals surface area contributed by atoms with Crippen LogP contribution in [0.15, 0.2) is 47.6 Å². The number of rotatable bonds is 7. The van der Waals surface area contributed by atoms with E-state index in [1.807, 2.05) is 44.2 Å². The Morgan fingerprint density at radius 3 is 2.17 bits per heavy atom. The Hall–Kier alpha value is -1.83. The Balaban J connectivity index is 2.15. The van der Waals surface area contributed by atoms with E-state index in [0.717, 1.165) is 5.56 Å². The lowest BCUT2D eigenvalue weighted by atomic mass is 9.95. The molecule has 1 heterocycles. The highest BCUT2D eigenvalue weighted by molar-refractivity contribution is 7.89. The number of nitrogens with two attached hydrogens (primary N) is 1. The van der Waals surface area contributed by atoms with Crippen molar-refractivity contribution < 1.29 is 8.42 Å². The molecule has 0 spiro atoms. The molecule has 23 heavy (non-hydrogen) atoms. The number of hydrogen-bond acceptors (Lipinski definition) is 5. The fraction of sp³-hybridized carbons (Fsp3) is 0.375. The van der Waals surface area contributed by atoms with Crippen molar-refractivity contribution >= 4 is 10.0 Å². The third kappa shape index (κ3) is 4.34. The molecule has 0 unspecified atom stereocenters. The minimum Gasteiger partial charge on any atom is -0.324 e. The predicted octanol–water partition coefficient (Wildman–Crippen LogP) is 1.94. The second-order valence-corrected chi connectivity index (χ2v) is 7.27. The summed E-state index contributed by atoms with van der Waals surface area (Å²) in [6.07, 6.45) is 4.01. The van der Waals surface area contributed by atoms with Gasteiger partial charge in [-0.15, -0.1) is 0 Å². The van der Waals surface area contributed by atoms with Gasteiger partial charge in [-0.2, -0.15) is 0 Å². The molecule has 2 rings (SSSR count). The van der Waals surface area contributed by atoms with Crippen LogP contribution in [0.3, 0.4) is 0 Å². The summed E-state index contributed by atoms with van der Waals surface area (Å²) < 4.78 is 27.2. The first-order valence-electron chi connectivity index (χ1n) is 7.56. The molecule has 0 atom stereocenters. The summed E-state index contributed by atoms with van der Waals surface area (Å²) in [6, 6.07) is 9.38. The lowest BCUT2D eigenvalue weighted by molar-refractivity contribution is 0.391. The van der Waals surface area contributed by atoms with Crippen LogP contribution >= 0.6 is 0 Å². The van der Waals surface area contributed by atoms with Gasteiger partial charge < -0.3 is 5.73 Å². The fourth-order valence-electron chi connectivity index (χ4n) is 2.01. The van der Waals surface area contributed by atoms with Gasteiger partial charge in [0.25, 0.3) is 0 Å². The van der Waals surface area contributed by atoms with E-state index in [1.165, 1.54) is 12.4 Å². The Morgan fingerprint density at radius 2 is 1.65 bits per heavy atom. The van der Waals surface area contributed by atoms with Crippen LogP contribution in [-0.2, 0) is 10.0 Å². The van der Waals surface area contributed by atoms with Gasteiger partial charge in [0, 0.05) is 17.6 Å². The molecule has 0 aliphatic carbocycles. The van der Waals surface area contributed by atoms with E-state index in [9.17, 15) is 8.42 Å². The van der Waals surface area contributed by atoms with Crippen LogP contribution in [0.1, 0.15) is 26.7 Å². The Kier molecular flexibility index (Phi) is 5.46. The van der Waals surface area contributed by atoms with Crippen molar-refractivity contribution in [2.45, 2.75) is 37.1 Å². The molecule has 0 saturated heterocycles. The molecule has 1 aromatic heterocycles. The monoisotopic (exact) mass is 334 g/mol. The summed E-state index contributed by atoms with van der Waals surface area (Å²) in [5.74, 6) is 0.486. The standard InChI is InChI=1S/C16H22N4O2S/c1-3-16(17,4-2)12-20-23(21,22)14-10-18-15(19-11-14)13-8-6-5-7-9-13/h5-11,20H,3-4,12,17H2,1-2H3. The fourth-order valence-corrected chi connectivity index (χ4v) is 3.04. The van der Waals surface area contributed by atoms with Crippen LogP contribution in [0.4, 0.5) is 0 Å². The van der Waals surface area contributed by atoms with E-state index in [4.69, 9.17) is 5.73 Å². The molecule has 0 bridgehead atoms. The Labute approximate surface area is 137 Å². The van der Waals surface area contributed by atoms with Crippen LogP contribution in [-0.4, -0.2) is 30.5 Å². The van der Waals surface area contributed by atoms with E-state index < -0.39 is 15.6 Å². The zero-order valence-electron chi connectivity index (χ0n) is 13.4. The Morgan fingerprint density at radius 1 is 1.09 bits per heavy atom. The highest BCUT2D eigenvalue weighted by Gasteiger charge is 2.24. The number of benzene rings is 1. The summed E-state index contributed by atoms with van der Waals surface area (Å²) in [6.45, 7) is 4.06. The normalized spacial score (nSPS) is 12.3. The first kappa shape index (κ1) is 17.5. The van der Waals surface area contributed by atoms with Crippen molar-refractivity contribution in [1.29, 1.82) is 0 Å². The topological polar surface area (TPSA) is 98.0 Å². The van der Waals surface area contributed by atoms with Crippen LogP contribution in [0.5, 0.6) is 0 Å². The minimum absolute atomic E-state index is 0.0340. The molecule has 2 aromatic rings. The van der Waals surface area contributed by atoms with Gasteiger partial charge in [0.05, 0.1) is 12.4 Å². The SMILES string of the molecule is CCC(N)(CC)CNS(=O)(=O)c1cnc(-c2ccccc2)nc1. The van der Waals surface area contributed by atoms with Gasteiger partial charge in [-0.1, -0.05) is 44.2 Å². The van der Waals surface area contributed by atoms with E-state index in [1.54, 1.807) is 0 Å². The molecule has 0 aliphatic rings. The maximum atomic E-state index is 12.3. The molecule has 0 aliphatic heterocycles. The van der Waals surface area contributed by atoms with E-state index >= 15 is 0 Å². The minimum atomic E-state index is -3.67. The molecular weight excluding hydrogens is 312 g/mol. The molecule has 124 valence electrons. The van der Waals surface area contributed by atoms with Gasteiger partial charge in [-0.3, -0.25) is 0 Å². The molecule has 7 heteroatoms. The maximum absolute atomic E-state index is 12.3. The predicted molar refractivity (Wildman–Crippen MR) is 90.2 cm³/mol. The van der Waals surface area contributed by atoms with Crippen LogP contribution in [0, 0.1) is 0 Å². The van der Waals surface area contributed by atoms with Gasteiger partial charge in [0.15, 0.2) is 5.82 Å². The van der Waals surface area contributed by atoms with Crippen molar-refractivity contribution in [2.75, 3.05) is 6.54 Å². The zero-order valence-corrected chi connectivity index (χ0v) is 14.2. The Bertz CT molecular complexity index is 726. The van der Waals surface area contributed by atoms with Crippen molar-refractivity contribution in [3.8, 4) is 11.4 Å². The quantitative estimate of drug-likeness (QED) is 0.806. The number of aromatic nitrogens is 2. The smallest absolute Gasteiger partial charge is 0.243 e. The second kappa shape index (κ2) is 7.16. The van der Waals surface area contributed by atoms with Crippen molar-refractivity contribution in [3.05, 3.63) is 42.7 Å². The van der Waals surface area contributed by atoms with Crippen molar-refractivity contribution in [2.24, 2.45) is 5.73 Å². The molecule has 0 amide bonds. The van der Waals surface area contributed by atoms with Gasteiger partial charge in [-0.25, -0.2) is 23.1 Å².